The van der Waals surface area contributed by atoms with E-state index in [1.165, 1.54) is 41.2 Å². The van der Waals surface area contributed by atoms with Crippen molar-refractivity contribution in [2.24, 2.45) is 0 Å². The van der Waals surface area contributed by atoms with Gasteiger partial charge in [0, 0.05) is 16.3 Å². The maximum atomic E-state index is 6.03. The highest BCUT2D eigenvalue weighted by Gasteiger charge is 2.43. The van der Waals surface area contributed by atoms with Gasteiger partial charge >= 0.3 is 0 Å². The van der Waals surface area contributed by atoms with E-state index in [1.807, 2.05) is 24.1 Å². The number of rotatable bonds is 2. The maximum absolute atomic E-state index is 6.03. The lowest BCUT2D eigenvalue weighted by Crippen LogP contribution is -3.11. The van der Waals surface area contributed by atoms with Crippen LogP contribution >= 0.6 is 23.5 Å². The van der Waals surface area contributed by atoms with E-state index in [1.54, 1.807) is 4.90 Å². The highest BCUT2D eigenvalue weighted by Crippen LogP contribution is 2.47. The minimum absolute atomic E-state index is 0.608. The quantitative estimate of drug-likeness (QED) is 0.832. The fourth-order valence-electron chi connectivity index (χ4n) is 3.88. The van der Waals surface area contributed by atoms with Gasteiger partial charge in [-0.05, 0) is 54.8 Å². The normalized spacial score (nSPS) is 26.0. The summed E-state index contributed by atoms with van der Waals surface area (Å²) < 4.78 is 2.55. The smallest absolute Gasteiger partial charge is 0.0859 e. The fourth-order valence-corrected chi connectivity index (χ4v) is 5.15. The molecule has 0 aliphatic carbocycles. The summed E-state index contributed by atoms with van der Waals surface area (Å²) in [5.41, 5.74) is 4.31. The molecule has 0 aromatic heterocycles. The van der Waals surface area contributed by atoms with Crippen LogP contribution in [0.4, 0.5) is 5.69 Å². The third-order valence-electron chi connectivity index (χ3n) is 5.04. The first kappa shape index (κ1) is 15.4. The van der Waals surface area contributed by atoms with Crippen LogP contribution in [0.5, 0.6) is 0 Å². The topological polar surface area (TPSA) is 7.68 Å². The molecule has 2 aromatic rings. The molecule has 2 aliphatic heterocycles. The molecular formula is C19H22ClN2S+. The zero-order chi connectivity index (χ0) is 16.0. The summed E-state index contributed by atoms with van der Waals surface area (Å²) >= 11 is 7.89. The molecule has 0 spiro atoms. The summed E-state index contributed by atoms with van der Waals surface area (Å²) in [4.78, 5) is 2.91. The number of piperidine rings is 1. The number of nitrogens with one attached hydrogen (secondary N) is 1. The highest BCUT2D eigenvalue weighted by molar-refractivity contribution is 8.00. The average molecular weight is 346 g/mol. The Balaban J connectivity index is 1.70. The Morgan fingerprint density at radius 1 is 1.17 bits per heavy atom. The van der Waals surface area contributed by atoms with E-state index in [0.717, 1.165) is 5.02 Å². The Kier molecular flexibility index (Phi) is 4.04. The van der Waals surface area contributed by atoms with Crippen molar-refractivity contribution in [2.45, 2.75) is 30.2 Å². The van der Waals surface area contributed by atoms with Crippen LogP contribution in [0.15, 0.2) is 47.4 Å². The van der Waals surface area contributed by atoms with Crippen LogP contribution in [0, 0.1) is 6.92 Å². The number of benzene rings is 2. The Bertz CT molecular complexity index is 716. The predicted octanol–water partition coefficient (Wildman–Crippen LogP) is 3.55. The summed E-state index contributed by atoms with van der Waals surface area (Å²) in [6.07, 6.45) is 1.25. The Labute approximate surface area is 147 Å². The molecule has 2 nitrogen and oxygen atoms in total. The van der Waals surface area contributed by atoms with Gasteiger partial charge in [-0.3, -0.25) is 0 Å². The van der Waals surface area contributed by atoms with Crippen molar-refractivity contribution in [1.82, 2.24) is 0 Å². The molecule has 2 heterocycles. The van der Waals surface area contributed by atoms with Gasteiger partial charge in [0.25, 0.3) is 0 Å². The van der Waals surface area contributed by atoms with Gasteiger partial charge in [-0.2, -0.15) is 0 Å². The van der Waals surface area contributed by atoms with Crippen molar-refractivity contribution in [2.75, 3.05) is 24.4 Å². The molecule has 0 amide bonds. The van der Waals surface area contributed by atoms with Crippen LogP contribution in [0.1, 0.15) is 23.5 Å². The lowest BCUT2D eigenvalue weighted by Gasteiger charge is -2.34. The Morgan fingerprint density at radius 3 is 2.74 bits per heavy atom. The van der Waals surface area contributed by atoms with Crippen LogP contribution in [-0.4, -0.2) is 26.2 Å². The molecule has 2 aromatic carbocycles. The Morgan fingerprint density at radius 2 is 1.96 bits per heavy atom. The molecule has 23 heavy (non-hydrogen) atoms. The molecule has 0 saturated carbocycles. The van der Waals surface area contributed by atoms with Crippen LogP contribution in [0.2, 0.25) is 5.02 Å². The van der Waals surface area contributed by atoms with Crippen LogP contribution in [0.25, 0.3) is 0 Å². The second-order valence-electron chi connectivity index (χ2n) is 6.81. The lowest BCUT2D eigenvalue weighted by atomic mass is 9.89. The first-order valence-electron chi connectivity index (χ1n) is 8.26. The zero-order valence-electron chi connectivity index (χ0n) is 13.6. The summed E-state index contributed by atoms with van der Waals surface area (Å²) in [6, 6.07) is 15.7. The molecule has 4 rings (SSSR count). The van der Waals surface area contributed by atoms with Gasteiger partial charge in [0.15, 0.2) is 0 Å². The third kappa shape index (κ3) is 2.86. The minimum Gasteiger partial charge on any atom is -0.337 e. The molecule has 1 saturated heterocycles. The lowest BCUT2D eigenvalue weighted by molar-refractivity contribution is -0.886. The SMILES string of the molecule is Cc1ccc2c(c1)[C@@H]1C[NH+](C)CC[C@H]1N2Sc1ccc(Cl)cc1. The fraction of sp³-hybridized carbons (Fsp3) is 0.368. The maximum Gasteiger partial charge on any atom is 0.0859 e. The summed E-state index contributed by atoms with van der Waals surface area (Å²) in [5.74, 6) is 0.651. The molecule has 0 radical (unpaired) electrons. The van der Waals surface area contributed by atoms with E-state index in [-0.39, 0.29) is 0 Å². The first-order valence-corrected chi connectivity index (χ1v) is 9.41. The molecule has 2 aliphatic rings. The minimum atomic E-state index is 0.608. The zero-order valence-corrected chi connectivity index (χ0v) is 15.1. The molecule has 0 bridgehead atoms. The van der Waals surface area contributed by atoms with Gasteiger partial charge < -0.3 is 9.21 Å². The number of likely N-dealkylation sites (N-methyl/N-ethyl adjacent to an activating group) is 1. The van der Waals surface area contributed by atoms with Crippen molar-refractivity contribution in [3.05, 3.63) is 58.6 Å². The van der Waals surface area contributed by atoms with E-state index in [2.05, 4.69) is 48.6 Å². The van der Waals surface area contributed by atoms with Crippen molar-refractivity contribution in [1.29, 1.82) is 0 Å². The van der Waals surface area contributed by atoms with E-state index >= 15 is 0 Å². The number of aryl methyl sites for hydroxylation is 1. The van der Waals surface area contributed by atoms with Crippen molar-refractivity contribution in [3.8, 4) is 0 Å². The number of hydrogen-bond donors (Lipinski definition) is 1. The average Bonchev–Trinajstić information content (AvgIpc) is 2.82. The van der Waals surface area contributed by atoms with E-state index in [9.17, 15) is 0 Å². The molecule has 1 fully saturated rings. The van der Waals surface area contributed by atoms with E-state index in [0.29, 0.717) is 12.0 Å². The van der Waals surface area contributed by atoms with E-state index < -0.39 is 0 Å². The highest BCUT2D eigenvalue weighted by atomic mass is 35.5. The number of quaternary nitrogens is 1. The molecule has 4 heteroatoms. The van der Waals surface area contributed by atoms with Crippen LogP contribution < -0.4 is 9.21 Å². The third-order valence-corrected chi connectivity index (χ3v) is 6.44. The molecular weight excluding hydrogens is 324 g/mol. The monoisotopic (exact) mass is 345 g/mol. The predicted molar refractivity (Wildman–Crippen MR) is 98.7 cm³/mol. The second-order valence-corrected chi connectivity index (χ2v) is 8.29. The Hall–Kier alpha value is -1.16. The number of hydrogen-bond acceptors (Lipinski definition) is 2. The number of anilines is 1. The number of nitrogens with zero attached hydrogens (tertiary/aromatic N) is 1. The van der Waals surface area contributed by atoms with Gasteiger partial charge in [0.1, 0.15) is 0 Å². The van der Waals surface area contributed by atoms with Gasteiger partial charge in [-0.25, -0.2) is 0 Å². The summed E-state index contributed by atoms with van der Waals surface area (Å²) in [5, 5.41) is 0.799. The van der Waals surface area contributed by atoms with Gasteiger partial charge in [-0.15, -0.1) is 0 Å². The summed E-state index contributed by atoms with van der Waals surface area (Å²) in [6.45, 7) is 4.69. The van der Waals surface area contributed by atoms with E-state index in [4.69, 9.17) is 11.6 Å². The molecule has 3 atom stereocenters. The molecule has 120 valence electrons. The number of halogens is 1. The van der Waals surface area contributed by atoms with Gasteiger partial charge in [0.2, 0.25) is 0 Å². The number of likely N-dealkylation sites (tertiary alicyclic amines) is 1. The first-order chi connectivity index (χ1) is 11.1. The van der Waals surface area contributed by atoms with Gasteiger partial charge in [0.05, 0.1) is 37.8 Å². The largest absolute Gasteiger partial charge is 0.337 e. The number of fused-ring (bicyclic) bond motifs is 3. The summed E-state index contributed by atoms with van der Waals surface area (Å²) in [7, 11) is 2.32. The van der Waals surface area contributed by atoms with Crippen molar-refractivity contribution < 1.29 is 4.90 Å². The standard InChI is InChI=1S/C19H21ClN2S/c1-13-3-8-18-16(11-13)17-12-21(2)10-9-19(17)22(18)23-15-6-4-14(20)5-7-15/h3-8,11,17,19H,9-10,12H2,1-2H3/p+1/t17-,19+/m0/s1. The van der Waals surface area contributed by atoms with Crippen molar-refractivity contribution in [3.63, 3.8) is 0 Å². The second kappa shape index (κ2) is 6.04. The van der Waals surface area contributed by atoms with Crippen LogP contribution in [0.3, 0.4) is 0 Å². The molecule has 1 N–H and O–H groups in total. The molecule has 1 unspecified atom stereocenters. The van der Waals surface area contributed by atoms with Gasteiger partial charge in [-0.1, -0.05) is 29.3 Å². The van der Waals surface area contributed by atoms with Crippen molar-refractivity contribution >= 4 is 29.2 Å². The van der Waals surface area contributed by atoms with Crippen LogP contribution in [-0.2, 0) is 0 Å².